The number of hydrogen-bond donors (Lipinski definition) is 3. The normalized spacial score (nSPS) is 16.7. The molecule has 7 heteroatoms. The second-order valence-electron chi connectivity index (χ2n) is 5.39. The summed E-state index contributed by atoms with van der Waals surface area (Å²) in [6.07, 6.45) is 1.79. The van der Waals surface area contributed by atoms with Crippen LogP contribution < -0.4 is 10.6 Å². The van der Waals surface area contributed by atoms with Crippen molar-refractivity contribution in [2.45, 2.75) is 52.1 Å². The highest BCUT2D eigenvalue weighted by Crippen LogP contribution is 2.33. The van der Waals surface area contributed by atoms with Gasteiger partial charge in [0.05, 0.1) is 6.42 Å². The first-order valence-corrected chi connectivity index (χ1v) is 7.46. The Kier molecular flexibility index (Phi) is 6.45. The van der Waals surface area contributed by atoms with Gasteiger partial charge in [-0.05, 0) is 39.5 Å². The van der Waals surface area contributed by atoms with Crippen molar-refractivity contribution in [2.24, 2.45) is 5.92 Å². The van der Waals surface area contributed by atoms with Crippen molar-refractivity contribution < 1.29 is 19.5 Å². The van der Waals surface area contributed by atoms with E-state index in [2.05, 4.69) is 10.6 Å². The van der Waals surface area contributed by atoms with Gasteiger partial charge in [0.2, 0.25) is 5.91 Å². The number of carbonyl (C=O) groups is 3. The molecule has 1 aliphatic carbocycles. The molecule has 3 amide bonds. The van der Waals surface area contributed by atoms with E-state index in [9.17, 15) is 14.4 Å². The van der Waals surface area contributed by atoms with E-state index in [0.29, 0.717) is 13.1 Å². The zero-order chi connectivity index (χ0) is 16.0. The summed E-state index contributed by atoms with van der Waals surface area (Å²) >= 11 is 0. The van der Waals surface area contributed by atoms with Gasteiger partial charge in [0, 0.05) is 19.1 Å². The Morgan fingerprint density at radius 2 is 1.76 bits per heavy atom. The minimum Gasteiger partial charge on any atom is -0.481 e. The number of amides is 3. The van der Waals surface area contributed by atoms with E-state index in [4.69, 9.17) is 5.11 Å². The standard InChI is InChI=1S/C14H25N3O4/c1-4-17(5-2)13(20)9(3)15-14(21)16-11(8-12(18)19)10-6-7-10/h9-11H,4-8H2,1-3H3,(H,18,19)(H2,15,16,21). The Hall–Kier alpha value is -1.79. The van der Waals surface area contributed by atoms with Crippen LogP contribution in [-0.2, 0) is 9.59 Å². The van der Waals surface area contributed by atoms with Crippen molar-refractivity contribution in [3.05, 3.63) is 0 Å². The Morgan fingerprint density at radius 1 is 1.19 bits per heavy atom. The largest absolute Gasteiger partial charge is 0.481 e. The second kappa shape index (κ2) is 7.85. The number of carboxylic acid groups (broad SMARTS) is 1. The smallest absolute Gasteiger partial charge is 0.315 e. The number of carboxylic acids is 1. The second-order valence-corrected chi connectivity index (χ2v) is 5.39. The first-order chi connectivity index (χ1) is 9.88. The monoisotopic (exact) mass is 299 g/mol. The summed E-state index contributed by atoms with van der Waals surface area (Å²) in [5.74, 6) is -0.837. The van der Waals surface area contributed by atoms with Crippen LogP contribution in [-0.4, -0.2) is 53.1 Å². The van der Waals surface area contributed by atoms with E-state index >= 15 is 0 Å². The fourth-order valence-corrected chi connectivity index (χ4v) is 2.30. The van der Waals surface area contributed by atoms with Gasteiger partial charge in [0.15, 0.2) is 0 Å². The lowest BCUT2D eigenvalue weighted by atomic mass is 10.1. The highest BCUT2D eigenvalue weighted by molar-refractivity contribution is 5.87. The average molecular weight is 299 g/mol. The molecule has 0 heterocycles. The summed E-state index contributed by atoms with van der Waals surface area (Å²) in [6.45, 7) is 6.57. The summed E-state index contributed by atoms with van der Waals surface area (Å²) in [4.78, 5) is 36.4. The van der Waals surface area contributed by atoms with Crippen LogP contribution in [0.3, 0.4) is 0 Å². The predicted molar refractivity (Wildman–Crippen MR) is 77.8 cm³/mol. The van der Waals surface area contributed by atoms with Crippen molar-refractivity contribution in [1.82, 2.24) is 15.5 Å². The van der Waals surface area contributed by atoms with Crippen LogP contribution in [0.15, 0.2) is 0 Å². The lowest BCUT2D eigenvalue weighted by Gasteiger charge is -2.24. The molecule has 120 valence electrons. The van der Waals surface area contributed by atoms with E-state index in [1.165, 1.54) is 0 Å². The fraction of sp³-hybridized carbons (Fsp3) is 0.786. The SMILES string of the molecule is CCN(CC)C(=O)C(C)NC(=O)NC(CC(=O)O)C1CC1. The molecule has 1 aliphatic rings. The molecule has 0 aromatic rings. The van der Waals surface area contributed by atoms with Crippen LogP contribution in [0.2, 0.25) is 0 Å². The molecule has 0 spiro atoms. The van der Waals surface area contributed by atoms with Gasteiger partial charge < -0.3 is 20.6 Å². The van der Waals surface area contributed by atoms with Gasteiger partial charge in [-0.15, -0.1) is 0 Å². The molecule has 7 nitrogen and oxygen atoms in total. The number of carbonyl (C=O) groups excluding carboxylic acids is 2. The minimum atomic E-state index is -0.931. The maximum atomic E-state index is 12.0. The predicted octanol–water partition coefficient (Wildman–Crippen LogP) is 0.796. The molecule has 0 aromatic carbocycles. The topological polar surface area (TPSA) is 98.7 Å². The van der Waals surface area contributed by atoms with Crippen LogP contribution in [0, 0.1) is 5.92 Å². The molecule has 2 atom stereocenters. The van der Waals surface area contributed by atoms with Crippen molar-refractivity contribution in [1.29, 1.82) is 0 Å². The molecule has 3 N–H and O–H groups in total. The van der Waals surface area contributed by atoms with Crippen LogP contribution in [0.25, 0.3) is 0 Å². The van der Waals surface area contributed by atoms with Crippen LogP contribution in [0.4, 0.5) is 4.79 Å². The highest BCUT2D eigenvalue weighted by atomic mass is 16.4. The molecule has 21 heavy (non-hydrogen) atoms. The maximum Gasteiger partial charge on any atom is 0.315 e. The number of aliphatic carboxylic acids is 1. The van der Waals surface area contributed by atoms with Gasteiger partial charge in [0.25, 0.3) is 0 Å². The number of likely N-dealkylation sites (N-methyl/N-ethyl adjacent to an activating group) is 1. The third kappa shape index (κ3) is 5.61. The maximum absolute atomic E-state index is 12.0. The molecule has 1 rings (SSSR count). The number of urea groups is 1. The number of hydrogen-bond acceptors (Lipinski definition) is 3. The molecular weight excluding hydrogens is 274 g/mol. The van der Waals surface area contributed by atoms with Crippen molar-refractivity contribution >= 4 is 17.9 Å². The van der Waals surface area contributed by atoms with Crippen LogP contribution >= 0.6 is 0 Å². The Bertz CT molecular complexity index is 392. The first kappa shape index (κ1) is 17.3. The number of nitrogens with zero attached hydrogens (tertiary/aromatic N) is 1. The quantitative estimate of drug-likeness (QED) is 0.617. The third-order valence-electron chi connectivity index (χ3n) is 3.70. The van der Waals surface area contributed by atoms with Gasteiger partial charge in [-0.1, -0.05) is 0 Å². The van der Waals surface area contributed by atoms with Crippen molar-refractivity contribution in [3.63, 3.8) is 0 Å². The molecule has 0 saturated heterocycles. The highest BCUT2D eigenvalue weighted by Gasteiger charge is 2.34. The summed E-state index contributed by atoms with van der Waals surface area (Å²) in [7, 11) is 0. The van der Waals surface area contributed by atoms with E-state index in [-0.39, 0.29) is 24.3 Å². The zero-order valence-electron chi connectivity index (χ0n) is 12.9. The molecule has 2 unspecified atom stereocenters. The number of rotatable bonds is 8. The number of nitrogens with one attached hydrogen (secondary N) is 2. The van der Waals surface area contributed by atoms with Gasteiger partial charge in [0.1, 0.15) is 6.04 Å². The van der Waals surface area contributed by atoms with E-state index in [1.54, 1.807) is 11.8 Å². The van der Waals surface area contributed by atoms with Crippen molar-refractivity contribution in [2.75, 3.05) is 13.1 Å². The van der Waals surface area contributed by atoms with Gasteiger partial charge in [-0.25, -0.2) is 4.79 Å². The van der Waals surface area contributed by atoms with Crippen molar-refractivity contribution in [3.8, 4) is 0 Å². The molecule has 1 fully saturated rings. The van der Waals surface area contributed by atoms with E-state index < -0.39 is 18.0 Å². The lowest BCUT2D eigenvalue weighted by Crippen LogP contribution is -2.52. The fourth-order valence-electron chi connectivity index (χ4n) is 2.30. The Balaban J connectivity index is 2.47. The molecule has 0 bridgehead atoms. The minimum absolute atomic E-state index is 0.0868. The van der Waals surface area contributed by atoms with Gasteiger partial charge in [-0.2, -0.15) is 0 Å². The summed E-state index contributed by atoms with van der Waals surface area (Å²) in [5.41, 5.74) is 0. The van der Waals surface area contributed by atoms with Crippen LogP contribution in [0.1, 0.15) is 40.0 Å². The first-order valence-electron chi connectivity index (χ1n) is 7.46. The average Bonchev–Trinajstić information content (AvgIpc) is 3.22. The molecular formula is C14H25N3O4. The zero-order valence-corrected chi connectivity index (χ0v) is 12.9. The van der Waals surface area contributed by atoms with E-state index in [0.717, 1.165) is 12.8 Å². The third-order valence-corrected chi connectivity index (χ3v) is 3.70. The Morgan fingerprint density at radius 3 is 2.19 bits per heavy atom. The summed E-state index contributed by atoms with van der Waals surface area (Å²) in [6, 6.07) is -1.48. The molecule has 1 saturated carbocycles. The van der Waals surface area contributed by atoms with Gasteiger partial charge in [-0.3, -0.25) is 9.59 Å². The van der Waals surface area contributed by atoms with Gasteiger partial charge >= 0.3 is 12.0 Å². The molecule has 0 aromatic heterocycles. The molecule has 0 aliphatic heterocycles. The summed E-state index contributed by atoms with van der Waals surface area (Å²) in [5, 5.41) is 14.1. The Labute approximate surface area is 125 Å². The summed E-state index contributed by atoms with van der Waals surface area (Å²) < 4.78 is 0. The van der Waals surface area contributed by atoms with E-state index in [1.807, 2.05) is 13.8 Å². The molecule has 0 radical (unpaired) electrons. The van der Waals surface area contributed by atoms with Crippen LogP contribution in [0.5, 0.6) is 0 Å². The lowest BCUT2D eigenvalue weighted by molar-refractivity contribution is -0.137.